The zero-order chi connectivity index (χ0) is 27.4. The van der Waals surface area contributed by atoms with Crippen LogP contribution in [0.1, 0.15) is 21.5 Å². The molecule has 0 spiro atoms. The second kappa shape index (κ2) is 12.4. The molecule has 0 aromatic heterocycles. The first-order chi connectivity index (χ1) is 18.9. The van der Waals surface area contributed by atoms with Crippen molar-refractivity contribution >= 4 is 34.9 Å². The first-order valence-corrected chi connectivity index (χ1v) is 13.8. The van der Waals surface area contributed by atoms with E-state index in [1.165, 1.54) is 6.07 Å². The molecule has 3 saturated heterocycles. The molecule has 39 heavy (non-hydrogen) atoms. The summed E-state index contributed by atoms with van der Waals surface area (Å²) in [6.07, 6.45) is 1.59. The fourth-order valence-corrected chi connectivity index (χ4v) is 5.63. The summed E-state index contributed by atoms with van der Waals surface area (Å²) >= 11 is 0.791. The van der Waals surface area contributed by atoms with E-state index in [1.807, 2.05) is 4.90 Å². The molecule has 2 aromatic carbocycles. The normalized spacial score (nSPS) is 20.3. The van der Waals surface area contributed by atoms with Gasteiger partial charge in [-0.1, -0.05) is 18.2 Å². The zero-order valence-electron chi connectivity index (χ0n) is 21.5. The van der Waals surface area contributed by atoms with E-state index in [9.17, 15) is 23.2 Å². The van der Waals surface area contributed by atoms with E-state index in [0.29, 0.717) is 29.8 Å². The Hall–Kier alpha value is -3.12. The Kier molecular flexibility index (Phi) is 8.71. The van der Waals surface area contributed by atoms with Gasteiger partial charge >= 0.3 is 0 Å². The largest absolute Gasteiger partial charge is 0.379 e. The van der Waals surface area contributed by atoms with Crippen LogP contribution in [0.5, 0.6) is 0 Å². The predicted octanol–water partition coefficient (Wildman–Crippen LogP) is 3.29. The molecule has 0 radical (unpaired) electrons. The van der Waals surface area contributed by atoms with E-state index in [-0.39, 0.29) is 17.4 Å². The molecular weight excluding hydrogens is 526 g/mol. The lowest BCUT2D eigenvalue weighted by molar-refractivity contribution is -0.123. The number of halogens is 2. The van der Waals surface area contributed by atoms with Gasteiger partial charge in [-0.2, -0.15) is 0 Å². The number of morpholine rings is 1. The number of hydrogen-bond donors (Lipinski definition) is 0. The number of imide groups is 1. The Morgan fingerprint density at radius 3 is 2.21 bits per heavy atom. The van der Waals surface area contributed by atoms with Gasteiger partial charge < -0.3 is 9.64 Å². The lowest BCUT2D eigenvalue weighted by Crippen LogP contribution is -2.51. The molecule has 0 atom stereocenters. The number of rotatable bonds is 7. The predicted molar refractivity (Wildman–Crippen MR) is 144 cm³/mol. The molecule has 206 valence electrons. The first-order valence-electron chi connectivity index (χ1n) is 13.0. The Morgan fingerprint density at radius 1 is 0.872 bits per heavy atom. The summed E-state index contributed by atoms with van der Waals surface area (Å²) in [6.45, 7) is 8.44. The first kappa shape index (κ1) is 27.4. The van der Waals surface area contributed by atoms with Gasteiger partial charge in [0.05, 0.1) is 24.7 Å². The summed E-state index contributed by atoms with van der Waals surface area (Å²) in [7, 11) is 0. The van der Waals surface area contributed by atoms with Crippen LogP contribution in [0.2, 0.25) is 0 Å². The monoisotopic (exact) mass is 556 g/mol. The SMILES string of the molecule is O=C(c1ccc(/C=C2\SC(=O)N(Cc3ccc(F)c(F)c3)C2=O)cc1)N1CCN(CCN2CCOCC2)CC1. The average Bonchev–Trinajstić information content (AvgIpc) is 3.22. The molecule has 3 heterocycles. The fourth-order valence-electron chi connectivity index (χ4n) is 4.79. The third kappa shape index (κ3) is 6.73. The van der Waals surface area contributed by atoms with Crippen LogP contribution in [0.3, 0.4) is 0 Å². The van der Waals surface area contributed by atoms with Crippen LogP contribution in [0, 0.1) is 11.6 Å². The molecule has 3 aliphatic rings. The average molecular weight is 557 g/mol. The highest BCUT2D eigenvalue weighted by Crippen LogP contribution is 2.33. The molecule has 11 heteroatoms. The standard InChI is InChI=1S/C28H30F2N4O4S/c29-23-6-3-21(17-24(23)30)19-34-27(36)25(39-28(34)37)18-20-1-4-22(5-2-20)26(35)33-11-9-31(10-12-33)7-8-32-13-15-38-16-14-32/h1-6,17-18H,7-16,19H2/b25-18-. The summed E-state index contributed by atoms with van der Waals surface area (Å²) < 4.78 is 32.1. The Balaban J connectivity index is 1.14. The highest BCUT2D eigenvalue weighted by molar-refractivity contribution is 8.18. The van der Waals surface area contributed by atoms with E-state index in [1.54, 1.807) is 30.3 Å². The maximum absolute atomic E-state index is 13.5. The molecular formula is C28H30F2N4O4S. The van der Waals surface area contributed by atoms with Crippen molar-refractivity contribution in [2.24, 2.45) is 0 Å². The summed E-state index contributed by atoms with van der Waals surface area (Å²) in [5, 5.41) is -0.480. The summed E-state index contributed by atoms with van der Waals surface area (Å²) in [5.74, 6) is -2.55. The van der Waals surface area contributed by atoms with Gasteiger partial charge in [0.15, 0.2) is 11.6 Å². The van der Waals surface area contributed by atoms with Gasteiger partial charge in [0.25, 0.3) is 17.1 Å². The van der Waals surface area contributed by atoms with Crippen molar-refractivity contribution in [3.05, 3.63) is 75.7 Å². The van der Waals surface area contributed by atoms with Crippen LogP contribution >= 0.6 is 11.8 Å². The van der Waals surface area contributed by atoms with Crippen molar-refractivity contribution in [2.45, 2.75) is 6.54 Å². The second-order valence-electron chi connectivity index (χ2n) is 9.73. The topological polar surface area (TPSA) is 73.4 Å². The molecule has 2 aromatic rings. The van der Waals surface area contributed by atoms with Gasteiger partial charge in [-0.3, -0.25) is 29.1 Å². The van der Waals surface area contributed by atoms with Crippen molar-refractivity contribution in [3.8, 4) is 0 Å². The molecule has 0 saturated carbocycles. The number of nitrogens with zero attached hydrogens (tertiary/aromatic N) is 4. The molecule has 3 aliphatic heterocycles. The quantitative estimate of drug-likeness (QED) is 0.485. The van der Waals surface area contributed by atoms with Gasteiger partial charge in [-0.25, -0.2) is 8.78 Å². The second-order valence-corrected chi connectivity index (χ2v) is 10.7. The van der Waals surface area contributed by atoms with Crippen molar-refractivity contribution < 1.29 is 27.9 Å². The van der Waals surface area contributed by atoms with Gasteiger partial charge in [-0.05, 0) is 53.2 Å². The molecule has 3 amide bonds. The van der Waals surface area contributed by atoms with Crippen molar-refractivity contribution in [1.82, 2.24) is 19.6 Å². The minimum atomic E-state index is -1.03. The smallest absolute Gasteiger partial charge is 0.293 e. The maximum atomic E-state index is 13.5. The number of carbonyl (C=O) groups is 3. The van der Waals surface area contributed by atoms with E-state index in [0.717, 1.165) is 81.3 Å². The van der Waals surface area contributed by atoms with Crippen LogP contribution < -0.4 is 0 Å². The third-order valence-corrected chi connectivity index (χ3v) is 8.06. The number of ether oxygens (including phenoxy) is 1. The fraction of sp³-hybridized carbons (Fsp3) is 0.393. The van der Waals surface area contributed by atoms with Crippen LogP contribution in [0.15, 0.2) is 47.4 Å². The van der Waals surface area contributed by atoms with E-state index in [2.05, 4.69) is 9.80 Å². The molecule has 0 N–H and O–H groups in total. The van der Waals surface area contributed by atoms with Gasteiger partial charge in [0.1, 0.15) is 0 Å². The highest BCUT2D eigenvalue weighted by Gasteiger charge is 2.35. The zero-order valence-corrected chi connectivity index (χ0v) is 22.3. The third-order valence-electron chi connectivity index (χ3n) is 7.15. The van der Waals surface area contributed by atoms with E-state index >= 15 is 0 Å². The van der Waals surface area contributed by atoms with E-state index in [4.69, 9.17) is 4.74 Å². The number of piperazine rings is 1. The minimum absolute atomic E-state index is 0.0266. The number of hydrogen-bond acceptors (Lipinski definition) is 7. The van der Waals surface area contributed by atoms with Crippen molar-refractivity contribution in [2.75, 3.05) is 65.6 Å². The van der Waals surface area contributed by atoms with Crippen LogP contribution in [0.4, 0.5) is 13.6 Å². The molecule has 0 aliphatic carbocycles. The molecule has 5 rings (SSSR count). The number of amides is 3. The Bertz CT molecular complexity index is 1260. The van der Waals surface area contributed by atoms with Crippen molar-refractivity contribution in [1.29, 1.82) is 0 Å². The molecule has 8 nitrogen and oxygen atoms in total. The lowest BCUT2D eigenvalue weighted by atomic mass is 10.1. The highest BCUT2D eigenvalue weighted by atomic mass is 32.2. The van der Waals surface area contributed by atoms with Gasteiger partial charge in [0, 0.05) is 57.9 Å². The van der Waals surface area contributed by atoms with E-state index < -0.39 is 22.8 Å². The molecule has 0 bridgehead atoms. The number of carbonyl (C=O) groups excluding carboxylic acids is 3. The van der Waals surface area contributed by atoms with Gasteiger partial charge in [0.2, 0.25) is 0 Å². The van der Waals surface area contributed by atoms with Crippen molar-refractivity contribution in [3.63, 3.8) is 0 Å². The maximum Gasteiger partial charge on any atom is 0.293 e. The number of benzene rings is 2. The lowest BCUT2D eigenvalue weighted by Gasteiger charge is -2.36. The summed E-state index contributed by atoms with van der Waals surface area (Å²) in [4.78, 5) is 46.1. The molecule has 0 unspecified atom stereocenters. The van der Waals surface area contributed by atoms with Gasteiger partial charge in [-0.15, -0.1) is 0 Å². The van der Waals surface area contributed by atoms with Crippen LogP contribution in [-0.2, 0) is 16.1 Å². The van der Waals surface area contributed by atoms with Crippen LogP contribution in [0.25, 0.3) is 6.08 Å². The van der Waals surface area contributed by atoms with Crippen LogP contribution in [-0.4, -0.2) is 102 Å². The molecule has 3 fully saturated rings. The minimum Gasteiger partial charge on any atom is -0.379 e. The summed E-state index contributed by atoms with van der Waals surface area (Å²) in [6, 6.07) is 10.2. The Morgan fingerprint density at radius 2 is 1.54 bits per heavy atom. The Labute approximate surface area is 230 Å². The number of thioether (sulfide) groups is 1. The summed E-state index contributed by atoms with van der Waals surface area (Å²) in [5.41, 5.74) is 1.57.